The van der Waals surface area contributed by atoms with Crippen molar-refractivity contribution >= 4 is 0 Å². The number of benzene rings is 1. The number of aliphatic hydroxyl groups is 1. The summed E-state index contributed by atoms with van der Waals surface area (Å²) in [5, 5.41) is 11.9. The molecule has 0 bridgehead atoms. The molecule has 0 spiro atoms. The van der Waals surface area contributed by atoms with Crippen LogP contribution in [-0.4, -0.2) is 48.4 Å². The van der Waals surface area contributed by atoms with Crippen LogP contribution in [0.25, 0.3) is 0 Å². The Balaban J connectivity index is 1.72. The molecule has 2 fully saturated rings. The van der Waals surface area contributed by atoms with Crippen molar-refractivity contribution in [2.75, 3.05) is 13.7 Å². The molecule has 5 heteroatoms. The summed E-state index contributed by atoms with van der Waals surface area (Å²) in [5.74, 6) is 0. The average Bonchev–Trinajstić information content (AvgIpc) is 2.84. The van der Waals surface area contributed by atoms with E-state index in [0.717, 1.165) is 12.0 Å². The molecule has 0 aromatic heterocycles. The van der Waals surface area contributed by atoms with Crippen molar-refractivity contribution in [3.63, 3.8) is 0 Å². The highest BCUT2D eigenvalue weighted by atomic mass is 16.7. The van der Waals surface area contributed by atoms with Crippen LogP contribution in [0.2, 0.25) is 0 Å². The quantitative estimate of drug-likeness (QED) is 0.889. The summed E-state index contributed by atoms with van der Waals surface area (Å²) < 4.78 is 11.0. The maximum Gasteiger partial charge on any atom is 0.155 e. The molecule has 2 saturated heterocycles. The Bertz CT molecular complexity index is 441. The second-order valence-electron chi connectivity index (χ2n) is 5.42. The van der Waals surface area contributed by atoms with Crippen molar-refractivity contribution in [2.24, 2.45) is 0 Å². The van der Waals surface area contributed by atoms with E-state index in [1.165, 1.54) is 0 Å². The summed E-state index contributed by atoms with van der Waals surface area (Å²) in [4.78, 5) is 5.90. The molecule has 5 nitrogen and oxygen atoms in total. The Hall–Kier alpha value is -0.980. The molecule has 1 aromatic rings. The third-order valence-corrected chi connectivity index (χ3v) is 4.00. The molecular weight excluding hydrogens is 258 g/mol. The van der Waals surface area contributed by atoms with Crippen LogP contribution < -0.4 is 0 Å². The lowest BCUT2D eigenvalue weighted by molar-refractivity contribution is -0.269. The van der Waals surface area contributed by atoms with E-state index in [-0.39, 0.29) is 24.5 Å². The smallest absolute Gasteiger partial charge is 0.155 e. The fourth-order valence-electron chi connectivity index (χ4n) is 2.92. The predicted octanol–water partition coefficient (Wildman–Crippen LogP) is 1.49. The minimum absolute atomic E-state index is 0.0140. The van der Waals surface area contributed by atoms with E-state index in [2.05, 4.69) is 12.1 Å². The molecule has 2 heterocycles. The maximum absolute atomic E-state index is 10.1. The standard InChI is InChI=1S/C15H21NO4/c1-10-18-9-13(17)15(19-10)12-8-14(20-16(12)2)11-6-4-3-5-7-11/h3-7,10,12-15,17H,8-9H2,1-2H3/t10-,12-,13+,14-,15+/m0/s1. The van der Waals surface area contributed by atoms with E-state index >= 15 is 0 Å². The molecule has 0 amide bonds. The second-order valence-corrected chi connectivity index (χ2v) is 5.42. The molecule has 20 heavy (non-hydrogen) atoms. The Morgan fingerprint density at radius 1 is 1.25 bits per heavy atom. The van der Waals surface area contributed by atoms with Crippen LogP contribution in [0, 0.1) is 0 Å². The van der Waals surface area contributed by atoms with E-state index in [4.69, 9.17) is 14.3 Å². The summed E-state index contributed by atoms with van der Waals surface area (Å²) in [6.07, 6.45) is -0.364. The minimum Gasteiger partial charge on any atom is -0.388 e. The van der Waals surface area contributed by atoms with Crippen LogP contribution in [0.15, 0.2) is 30.3 Å². The van der Waals surface area contributed by atoms with E-state index in [1.54, 1.807) is 0 Å². The topological polar surface area (TPSA) is 51.2 Å². The third kappa shape index (κ3) is 2.73. The van der Waals surface area contributed by atoms with Crippen molar-refractivity contribution in [2.45, 2.75) is 44.0 Å². The van der Waals surface area contributed by atoms with Gasteiger partial charge in [-0.2, -0.15) is 5.06 Å². The summed E-state index contributed by atoms with van der Waals surface area (Å²) in [5.41, 5.74) is 1.15. The molecule has 0 unspecified atom stereocenters. The van der Waals surface area contributed by atoms with Gasteiger partial charge in [-0.1, -0.05) is 30.3 Å². The highest BCUT2D eigenvalue weighted by Gasteiger charge is 2.43. The average molecular weight is 279 g/mol. The van der Waals surface area contributed by atoms with Gasteiger partial charge in [0.15, 0.2) is 6.29 Å². The molecule has 110 valence electrons. The lowest BCUT2D eigenvalue weighted by atomic mass is 9.97. The summed E-state index contributed by atoms with van der Waals surface area (Å²) >= 11 is 0. The summed E-state index contributed by atoms with van der Waals surface area (Å²) in [6, 6.07) is 10.2. The zero-order chi connectivity index (χ0) is 14.1. The van der Waals surface area contributed by atoms with Crippen LogP contribution in [0.3, 0.4) is 0 Å². The zero-order valence-corrected chi connectivity index (χ0v) is 11.8. The Kier molecular flexibility index (Phi) is 4.05. The van der Waals surface area contributed by atoms with Crippen molar-refractivity contribution < 1.29 is 19.4 Å². The first-order chi connectivity index (χ1) is 9.65. The Labute approximate surface area is 119 Å². The number of hydrogen-bond acceptors (Lipinski definition) is 5. The number of ether oxygens (including phenoxy) is 2. The normalized spacial score (nSPS) is 39.0. The zero-order valence-electron chi connectivity index (χ0n) is 11.8. The van der Waals surface area contributed by atoms with Gasteiger partial charge in [-0.3, -0.25) is 4.84 Å². The second kappa shape index (κ2) is 5.79. The minimum atomic E-state index is -0.614. The van der Waals surface area contributed by atoms with Crippen molar-refractivity contribution in [3.05, 3.63) is 35.9 Å². The van der Waals surface area contributed by atoms with Gasteiger partial charge in [-0.15, -0.1) is 0 Å². The van der Waals surface area contributed by atoms with Crippen LogP contribution in [0.4, 0.5) is 0 Å². The predicted molar refractivity (Wildman–Crippen MR) is 72.7 cm³/mol. The van der Waals surface area contributed by atoms with Crippen molar-refractivity contribution in [1.82, 2.24) is 5.06 Å². The van der Waals surface area contributed by atoms with Gasteiger partial charge in [0.2, 0.25) is 0 Å². The Morgan fingerprint density at radius 3 is 2.75 bits per heavy atom. The summed E-state index contributed by atoms with van der Waals surface area (Å²) in [6.45, 7) is 2.16. The molecule has 5 atom stereocenters. The van der Waals surface area contributed by atoms with Gasteiger partial charge in [-0.25, -0.2) is 0 Å². The van der Waals surface area contributed by atoms with Gasteiger partial charge in [0.25, 0.3) is 0 Å². The summed E-state index contributed by atoms with van der Waals surface area (Å²) in [7, 11) is 1.89. The fraction of sp³-hybridized carbons (Fsp3) is 0.600. The number of nitrogens with zero attached hydrogens (tertiary/aromatic N) is 1. The third-order valence-electron chi connectivity index (χ3n) is 4.00. The molecule has 1 aromatic carbocycles. The lowest BCUT2D eigenvalue weighted by Crippen LogP contribution is -2.52. The molecular formula is C15H21NO4. The molecule has 1 N–H and O–H groups in total. The van der Waals surface area contributed by atoms with E-state index < -0.39 is 6.10 Å². The van der Waals surface area contributed by atoms with Crippen molar-refractivity contribution in [1.29, 1.82) is 0 Å². The van der Waals surface area contributed by atoms with E-state index in [9.17, 15) is 5.11 Å². The van der Waals surface area contributed by atoms with E-state index in [1.807, 2.05) is 37.2 Å². The number of hydrogen-bond donors (Lipinski definition) is 1. The van der Waals surface area contributed by atoms with Gasteiger partial charge in [0.1, 0.15) is 18.3 Å². The van der Waals surface area contributed by atoms with Gasteiger partial charge in [-0.05, 0) is 12.5 Å². The van der Waals surface area contributed by atoms with Crippen LogP contribution in [0.1, 0.15) is 25.0 Å². The molecule has 0 saturated carbocycles. The Morgan fingerprint density at radius 2 is 2.00 bits per heavy atom. The maximum atomic E-state index is 10.1. The van der Waals surface area contributed by atoms with Crippen LogP contribution in [-0.2, 0) is 14.3 Å². The molecule has 0 aliphatic carbocycles. The highest BCUT2D eigenvalue weighted by Crippen LogP contribution is 2.36. The van der Waals surface area contributed by atoms with E-state index in [0.29, 0.717) is 6.61 Å². The van der Waals surface area contributed by atoms with Crippen molar-refractivity contribution in [3.8, 4) is 0 Å². The SMILES string of the molecule is C[C@H]1OC[C@@H](O)[C@@H]([C@@H]2C[C@@H](c3ccccc3)ON2C)O1. The van der Waals surface area contributed by atoms with Gasteiger partial charge < -0.3 is 14.6 Å². The fourth-order valence-corrected chi connectivity index (χ4v) is 2.92. The molecule has 2 aliphatic heterocycles. The van der Waals surface area contributed by atoms with Gasteiger partial charge >= 0.3 is 0 Å². The number of rotatable bonds is 2. The van der Waals surface area contributed by atoms with Gasteiger partial charge in [0.05, 0.1) is 12.6 Å². The molecule has 2 aliphatic rings. The number of likely N-dealkylation sites (N-methyl/N-ethyl adjacent to an activating group) is 1. The van der Waals surface area contributed by atoms with Crippen LogP contribution >= 0.6 is 0 Å². The largest absolute Gasteiger partial charge is 0.388 e. The first-order valence-electron chi connectivity index (χ1n) is 7.05. The first kappa shape index (κ1) is 14.0. The number of aliphatic hydroxyl groups excluding tert-OH is 1. The molecule has 0 radical (unpaired) electrons. The van der Waals surface area contributed by atoms with Gasteiger partial charge in [0, 0.05) is 13.5 Å². The van der Waals surface area contributed by atoms with Crippen LogP contribution in [0.5, 0.6) is 0 Å². The molecule has 3 rings (SSSR count). The lowest BCUT2D eigenvalue weighted by Gasteiger charge is -2.37. The highest BCUT2D eigenvalue weighted by molar-refractivity contribution is 5.18. The monoisotopic (exact) mass is 279 g/mol. The number of hydroxylamine groups is 2. The first-order valence-corrected chi connectivity index (χ1v) is 7.05.